The molecule has 0 bridgehead atoms. The lowest BCUT2D eigenvalue weighted by Gasteiger charge is -2.23. The van der Waals surface area contributed by atoms with E-state index in [1.807, 2.05) is 6.92 Å². The zero-order valence-corrected chi connectivity index (χ0v) is 18.7. The van der Waals surface area contributed by atoms with E-state index in [0.29, 0.717) is 17.9 Å². The van der Waals surface area contributed by atoms with Crippen LogP contribution in [-0.2, 0) is 17.8 Å². The van der Waals surface area contributed by atoms with Gasteiger partial charge in [0.1, 0.15) is 0 Å². The number of carbonyl (C=O) groups excluding carboxylic acids is 1. The summed E-state index contributed by atoms with van der Waals surface area (Å²) in [6.07, 6.45) is 3.45. The summed E-state index contributed by atoms with van der Waals surface area (Å²) < 4.78 is 0. The van der Waals surface area contributed by atoms with Crippen LogP contribution in [0.25, 0.3) is 0 Å². The maximum Gasteiger partial charge on any atom is 0.227 e. The molecule has 3 nitrogen and oxygen atoms in total. The number of benzene rings is 2. The van der Waals surface area contributed by atoms with Gasteiger partial charge in [-0.05, 0) is 60.6 Å². The first-order valence-electron chi connectivity index (χ1n) is 11.6. The van der Waals surface area contributed by atoms with Crippen LogP contribution >= 0.6 is 0 Å². The van der Waals surface area contributed by atoms with E-state index in [1.54, 1.807) is 0 Å². The molecule has 0 aromatic heterocycles. The van der Waals surface area contributed by atoms with Crippen molar-refractivity contribution in [3.8, 4) is 0 Å². The van der Waals surface area contributed by atoms with Gasteiger partial charge in [0.15, 0.2) is 0 Å². The Morgan fingerprint density at radius 1 is 0.967 bits per heavy atom. The van der Waals surface area contributed by atoms with Crippen molar-refractivity contribution < 1.29 is 4.79 Å². The molecule has 4 atom stereocenters. The number of rotatable bonds is 7. The second-order valence-electron chi connectivity index (χ2n) is 9.86. The zero-order valence-electron chi connectivity index (χ0n) is 18.7. The molecule has 1 heterocycles. The standard InChI is InChI=1S/C27H36N2O/c1-19(2)15-21-9-11-23(12-10-21)20(3)27(30)28-26-14-13-24-17-29(18-25(24)26)16-22-7-5-4-6-8-22/h4-12,19-20,24-26H,13-18H2,1-3H3,(H,28,30)/t20-,24+,25-,26-/m0/s1. The van der Waals surface area contributed by atoms with E-state index < -0.39 is 0 Å². The summed E-state index contributed by atoms with van der Waals surface area (Å²) in [5.41, 5.74) is 3.85. The van der Waals surface area contributed by atoms with Gasteiger partial charge in [-0.15, -0.1) is 0 Å². The third-order valence-corrected chi connectivity index (χ3v) is 7.03. The monoisotopic (exact) mass is 404 g/mol. The largest absolute Gasteiger partial charge is 0.353 e. The number of carbonyl (C=O) groups is 1. The molecular weight excluding hydrogens is 368 g/mol. The normalized spacial score (nSPS) is 24.7. The number of nitrogens with zero attached hydrogens (tertiary/aromatic N) is 1. The Kier molecular flexibility index (Phi) is 6.58. The Morgan fingerprint density at radius 3 is 2.40 bits per heavy atom. The van der Waals surface area contributed by atoms with Crippen molar-refractivity contribution in [3.63, 3.8) is 0 Å². The fourth-order valence-electron chi connectivity index (χ4n) is 5.38. The topological polar surface area (TPSA) is 32.3 Å². The fraction of sp³-hybridized carbons (Fsp3) is 0.519. The molecule has 160 valence electrons. The molecule has 2 fully saturated rings. The van der Waals surface area contributed by atoms with Gasteiger partial charge in [-0.25, -0.2) is 0 Å². The second-order valence-corrected chi connectivity index (χ2v) is 9.86. The van der Waals surface area contributed by atoms with E-state index in [9.17, 15) is 4.79 Å². The van der Waals surface area contributed by atoms with Crippen molar-refractivity contribution >= 4 is 5.91 Å². The highest BCUT2D eigenvalue weighted by Crippen LogP contribution is 2.39. The number of hydrogen-bond donors (Lipinski definition) is 1. The maximum atomic E-state index is 13.0. The molecule has 2 aromatic rings. The van der Waals surface area contributed by atoms with E-state index in [0.717, 1.165) is 37.4 Å². The molecule has 0 radical (unpaired) electrons. The lowest BCUT2D eigenvalue weighted by Crippen LogP contribution is -2.41. The highest BCUT2D eigenvalue weighted by atomic mass is 16.1. The first-order valence-corrected chi connectivity index (χ1v) is 11.6. The van der Waals surface area contributed by atoms with Gasteiger partial charge in [-0.3, -0.25) is 9.69 Å². The number of nitrogens with one attached hydrogen (secondary N) is 1. The van der Waals surface area contributed by atoms with Crippen molar-refractivity contribution in [1.29, 1.82) is 0 Å². The summed E-state index contributed by atoms with van der Waals surface area (Å²) in [6, 6.07) is 19.7. The Morgan fingerprint density at radius 2 is 1.70 bits per heavy atom. The van der Waals surface area contributed by atoms with Crippen molar-refractivity contribution in [3.05, 3.63) is 71.3 Å². The predicted molar refractivity (Wildman–Crippen MR) is 123 cm³/mol. The van der Waals surface area contributed by atoms with Crippen molar-refractivity contribution in [2.75, 3.05) is 13.1 Å². The molecule has 1 amide bonds. The summed E-state index contributed by atoms with van der Waals surface area (Å²) in [4.78, 5) is 15.6. The van der Waals surface area contributed by atoms with E-state index in [4.69, 9.17) is 0 Å². The minimum atomic E-state index is -0.0982. The molecule has 1 aliphatic carbocycles. The summed E-state index contributed by atoms with van der Waals surface area (Å²) in [7, 11) is 0. The van der Waals surface area contributed by atoms with Crippen LogP contribution in [-0.4, -0.2) is 29.9 Å². The van der Waals surface area contributed by atoms with Crippen LogP contribution < -0.4 is 5.32 Å². The predicted octanol–water partition coefficient (Wildman–Crippen LogP) is 5.02. The fourth-order valence-corrected chi connectivity index (χ4v) is 5.38. The van der Waals surface area contributed by atoms with Gasteiger partial charge in [0.25, 0.3) is 0 Å². The van der Waals surface area contributed by atoms with E-state index >= 15 is 0 Å². The van der Waals surface area contributed by atoms with Gasteiger partial charge in [-0.2, -0.15) is 0 Å². The average Bonchev–Trinajstić information content (AvgIpc) is 3.29. The van der Waals surface area contributed by atoms with Gasteiger partial charge >= 0.3 is 0 Å². The van der Waals surface area contributed by atoms with Gasteiger partial charge in [0.05, 0.1) is 5.92 Å². The van der Waals surface area contributed by atoms with Crippen molar-refractivity contribution in [2.45, 2.75) is 58.5 Å². The number of hydrogen-bond acceptors (Lipinski definition) is 2. The summed E-state index contributed by atoms with van der Waals surface area (Å²) >= 11 is 0. The molecule has 2 aromatic carbocycles. The van der Waals surface area contributed by atoms with Gasteiger partial charge in [0, 0.05) is 25.7 Å². The Hall–Kier alpha value is -2.13. The molecule has 1 N–H and O–H groups in total. The van der Waals surface area contributed by atoms with Gasteiger partial charge < -0.3 is 5.32 Å². The minimum absolute atomic E-state index is 0.0982. The summed E-state index contributed by atoms with van der Waals surface area (Å²) in [5.74, 6) is 2.06. The first-order chi connectivity index (χ1) is 14.5. The number of amides is 1. The van der Waals surface area contributed by atoms with Crippen molar-refractivity contribution in [2.24, 2.45) is 17.8 Å². The number of likely N-dealkylation sites (tertiary alicyclic amines) is 1. The van der Waals surface area contributed by atoms with Crippen LogP contribution in [0, 0.1) is 17.8 Å². The molecule has 1 aliphatic heterocycles. The molecule has 3 heteroatoms. The maximum absolute atomic E-state index is 13.0. The molecule has 30 heavy (non-hydrogen) atoms. The van der Waals surface area contributed by atoms with E-state index in [-0.39, 0.29) is 11.8 Å². The molecule has 0 spiro atoms. The zero-order chi connectivity index (χ0) is 21.1. The third kappa shape index (κ3) is 4.95. The third-order valence-electron chi connectivity index (χ3n) is 7.03. The molecule has 0 unspecified atom stereocenters. The Bertz CT molecular complexity index is 830. The van der Waals surface area contributed by atoms with E-state index in [1.165, 1.54) is 24.1 Å². The summed E-state index contributed by atoms with van der Waals surface area (Å²) in [6.45, 7) is 9.80. The van der Waals surface area contributed by atoms with Crippen LogP contribution in [0.3, 0.4) is 0 Å². The van der Waals surface area contributed by atoms with Crippen LogP contribution in [0.1, 0.15) is 56.2 Å². The Labute approximate surface area is 181 Å². The second kappa shape index (κ2) is 9.34. The quantitative estimate of drug-likeness (QED) is 0.703. The van der Waals surface area contributed by atoms with Crippen molar-refractivity contribution in [1.82, 2.24) is 10.2 Å². The van der Waals surface area contributed by atoms with Crippen LogP contribution in [0.15, 0.2) is 54.6 Å². The first kappa shape index (κ1) is 21.1. The molecule has 4 rings (SSSR count). The molecule has 1 saturated heterocycles. The molecule has 2 aliphatic rings. The van der Waals surface area contributed by atoms with Gasteiger partial charge in [0.2, 0.25) is 5.91 Å². The smallest absolute Gasteiger partial charge is 0.227 e. The molecule has 1 saturated carbocycles. The SMILES string of the molecule is CC(C)Cc1ccc([C@H](C)C(=O)N[C@H]2CC[C@@H]3CN(Cc4ccccc4)C[C@@H]32)cc1. The highest BCUT2D eigenvalue weighted by Gasteiger charge is 2.43. The molecular formula is C27H36N2O. The van der Waals surface area contributed by atoms with Crippen LogP contribution in [0.4, 0.5) is 0 Å². The van der Waals surface area contributed by atoms with Crippen LogP contribution in [0.5, 0.6) is 0 Å². The van der Waals surface area contributed by atoms with E-state index in [2.05, 4.69) is 78.7 Å². The lowest BCUT2D eigenvalue weighted by molar-refractivity contribution is -0.123. The summed E-state index contributed by atoms with van der Waals surface area (Å²) in [5, 5.41) is 3.41. The highest BCUT2D eigenvalue weighted by molar-refractivity contribution is 5.83. The van der Waals surface area contributed by atoms with Gasteiger partial charge in [-0.1, -0.05) is 68.4 Å². The Balaban J connectivity index is 1.32. The minimum Gasteiger partial charge on any atom is -0.353 e. The van der Waals surface area contributed by atoms with Crippen LogP contribution in [0.2, 0.25) is 0 Å². The average molecular weight is 405 g/mol. The number of fused-ring (bicyclic) bond motifs is 1. The lowest BCUT2D eigenvalue weighted by atomic mass is 9.94.